The van der Waals surface area contributed by atoms with Crippen LogP contribution in [0.1, 0.15) is 16.4 Å². The molecule has 2 unspecified atom stereocenters. The van der Waals surface area contributed by atoms with Gasteiger partial charge in [0.05, 0.1) is 10.9 Å². The van der Waals surface area contributed by atoms with Crippen molar-refractivity contribution in [1.82, 2.24) is 0 Å². The Kier molecular flexibility index (Phi) is 3.51. The van der Waals surface area contributed by atoms with Gasteiger partial charge in [0.1, 0.15) is 6.10 Å². The maximum absolute atomic E-state index is 12.1. The Labute approximate surface area is 122 Å². The van der Waals surface area contributed by atoms with Gasteiger partial charge in [-0.15, -0.1) is 11.8 Å². The Morgan fingerprint density at radius 1 is 1.10 bits per heavy atom. The van der Waals surface area contributed by atoms with Crippen molar-refractivity contribution in [2.75, 3.05) is 5.32 Å². The van der Waals surface area contributed by atoms with Crippen LogP contribution in [0.15, 0.2) is 53.4 Å². The molecule has 1 heterocycles. The highest BCUT2D eigenvalue weighted by Crippen LogP contribution is 2.43. The van der Waals surface area contributed by atoms with Crippen LogP contribution >= 0.6 is 11.8 Å². The van der Waals surface area contributed by atoms with E-state index in [4.69, 9.17) is 0 Å². The summed E-state index contributed by atoms with van der Waals surface area (Å²) in [6.07, 6.45) is -1.06. The number of fused-ring (bicyclic) bond motifs is 1. The second kappa shape index (κ2) is 5.31. The summed E-state index contributed by atoms with van der Waals surface area (Å²) in [5.41, 5.74) is 2.88. The molecule has 1 aliphatic heterocycles. The first-order chi connectivity index (χ1) is 9.65. The van der Waals surface area contributed by atoms with Crippen LogP contribution < -0.4 is 5.32 Å². The summed E-state index contributed by atoms with van der Waals surface area (Å²) in [7, 11) is 0. The molecule has 20 heavy (non-hydrogen) atoms. The third-order valence-electron chi connectivity index (χ3n) is 3.36. The van der Waals surface area contributed by atoms with Crippen LogP contribution in [0.2, 0.25) is 0 Å². The van der Waals surface area contributed by atoms with Gasteiger partial charge >= 0.3 is 0 Å². The molecule has 0 radical (unpaired) electrons. The van der Waals surface area contributed by atoms with Crippen LogP contribution in [0.4, 0.5) is 5.69 Å². The van der Waals surface area contributed by atoms with E-state index < -0.39 is 6.10 Å². The molecule has 0 aromatic heterocycles. The lowest BCUT2D eigenvalue weighted by Crippen LogP contribution is -2.30. The summed E-state index contributed by atoms with van der Waals surface area (Å²) >= 11 is 1.52. The second-order valence-corrected chi connectivity index (χ2v) is 6.06. The van der Waals surface area contributed by atoms with Crippen LogP contribution in [0.3, 0.4) is 0 Å². The molecule has 4 heteroatoms. The normalized spacial score (nSPS) is 21.8. The van der Waals surface area contributed by atoms with Crippen molar-refractivity contribution < 1.29 is 9.90 Å². The second-order valence-electron chi connectivity index (χ2n) is 4.88. The van der Waals surface area contributed by atoms with Gasteiger partial charge in [0, 0.05) is 4.90 Å². The molecule has 2 aromatic rings. The molecule has 2 aromatic carbocycles. The zero-order chi connectivity index (χ0) is 14.1. The monoisotopic (exact) mass is 285 g/mol. The molecule has 0 aliphatic carbocycles. The molecule has 102 valence electrons. The molecule has 1 amide bonds. The Morgan fingerprint density at radius 2 is 1.80 bits per heavy atom. The third kappa shape index (κ3) is 2.44. The van der Waals surface area contributed by atoms with E-state index in [1.165, 1.54) is 11.8 Å². The van der Waals surface area contributed by atoms with Gasteiger partial charge in [-0.2, -0.15) is 0 Å². The minimum atomic E-state index is -1.06. The van der Waals surface area contributed by atoms with E-state index in [9.17, 15) is 9.90 Å². The minimum Gasteiger partial charge on any atom is -0.382 e. The lowest BCUT2D eigenvalue weighted by Gasteiger charge is -2.19. The number of hydrogen-bond acceptors (Lipinski definition) is 3. The predicted octanol–water partition coefficient (Wildman–Crippen LogP) is 3.14. The van der Waals surface area contributed by atoms with Gasteiger partial charge in [0.15, 0.2) is 0 Å². The van der Waals surface area contributed by atoms with E-state index in [2.05, 4.69) is 5.32 Å². The van der Waals surface area contributed by atoms with Crippen LogP contribution in [0, 0.1) is 6.92 Å². The molecule has 0 spiro atoms. The molecule has 0 fully saturated rings. The summed E-state index contributed by atoms with van der Waals surface area (Å²) in [4.78, 5) is 13.0. The lowest BCUT2D eigenvalue weighted by atomic mass is 10.1. The summed E-state index contributed by atoms with van der Waals surface area (Å²) in [5, 5.41) is 12.8. The summed E-state index contributed by atoms with van der Waals surface area (Å²) < 4.78 is 0. The van der Waals surface area contributed by atoms with Gasteiger partial charge in [-0.3, -0.25) is 4.79 Å². The predicted molar refractivity (Wildman–Crippen MR) is 80.9 cm³/mol. The number of amides is 1. The smallest absolute Gasteiger partial charge is 0.254 e. The number of para-hydroxylation sites is 1. The van der Waals surface area contributed by atoms with Crippen molar-refractivity contribution in [3.05, 3.63) is 59.7 Å². The highest BCUT2D eigenvalue weighted by molar-refractivity contribution is 7.99. The highest BCUT2D eigenvalue weighted by Gasteiger charge is 2.32. The SMILES string of the molecule is Cc1ccc(C2Sc3ccccc3NC(=O)C2O)cc1. The Morgan fingerprint density at radius 3 is 2.55 bits per heavy atom. The number of carbonyl (C=O) groups is 1. The fraction of sp³-hybridized carbons (Fsp3) is 0.188. The molecule has 3 nitrogen and oxygen atoms in total. The van der Waals surface area contributed by atoms with Gasteiger partial charge < -0.3 is 10.4 Å². The number of aliphatic hydroxyl groups excluding tert-OH is 1. The Bertz CT molecular complexity index is 639. The van der Waals surface area contributed by atoms with Gasteiger partial charge in [0.2, 0.25) is 0 Å². The number of nitrogens with one attached hydrogen (secondary N) is 1. The van der Waals surface area contributed by atoms with Crippen LogP contribution in [0.25, 0.3) is 0 Å². The number of aryl methyl sites for hydroxylation is 1. The molecule has 1 aliphatic rings. The number of carbonyl (C=O) groups excluding carboxylic acids is 1. The first-order valence-corrected chi connectivity index (χ1v) is 7.34. The quantitative estimate of drug-likeness (QED) is 0.846. The van der Waals surface area contributed by atoms with Crippen LogP contribution in [-0.2, 0) is 4.79 Å². The molecular formula is C16H15NO2S. The minimum absolute atomic E-state index is 0.292. The van der Waals surface area contributed by atoms with Gasteiger partial charge in [0.25, 0.3) is 5.91 Å². The first kappa shape index (κ1) is 13.2. The summed E-state index contributed by atoms with van der Waals surface area (Å²) in [5.74, 6) is -0.354. The fourth-order valence-electron chi connectivity index (χ4n) is 2.22. The van der Waals surface area contributed by atoms with Crippen molar-refractivity contribution in [3.8, 4) is 0 Å². The lowest BCUT2D eigenvalue weighted by molar-refractivity contribution is -0.124. The van der Waals surface area contributed by atoms with Crippen molar-refractivity contribution >= 4 is 23.4 Å². The number of benzene rings is 2. The third-order valence-corrected chi connectivity index (χ3v) is 4.75. The number of hydrogen-bond donors (Lipinski definition) is 2. The van der Waals surface area contributed by atoms with E-state index in [0.29, 0.717) is 0 Å². The summed E-state index contributed by atoms with van der Waals surface area (Å²) in [6.45, 7) is 2.02. The van der Waals surface area contributed by atoms with E-state index >= 15 is 0 Å². The number of thioether (sulfide) groups is 1. The highest BCUT2D eigenvalue weighted by atomic mass is 32.2. The number of rotatable bonds is 1. The zero-order valence-corrected chi connectivity index (χ0v) is 11.9. The van der Waals surface area contributed by atoms with Gasteiger partial charge in [-0.05, 0) is 24.6 Å². The van der Waals surface area contributed by atoms with E-state index in [0.717, 1.165) is 21.7 Å². The number of aliphatic hydroxyl groups is 1. The molecule has 0 saturated heterocycles. The Balaban J connectivity index is 2.01. The van der Waals surface area contributed by atoms with Crippen LogP contribution in [0.5, 0.6) is 0 Å². The first-order valence-electron chi connectivity index (χ1n) is 6.46. The van der Waals surface area contributed by atoms with E-state index in [1.807, 2.05) is 55.5 Å². The summed E-state index contributed by atoms with van der Waals surface area (Å²) in [6, 6.07) is 15.5. The van der Waals surface area contributed by atoms with E-state index in [1.54, 1.807) is 0 Å². The molecule has 0 saturated carbocycles. The average Bonchev–Trinajstić information content (AvgIpc) is 2.58. The topological polar surface area (TPSA) is 49.3 Å². The van der Waals surface area contributed by atoms with E-state index in [-0.39, 0.29) is 11.2 Å². The molecule has 2 atom stereocenters. The van der Waals surface area contributed by atoms with Gasteiger partial charge in [-0.25, -0.2) is 0 Å². The Hall–Kier alpha value is -1.78. The molecule has 3 rings (SSSR count). The molecular weight excluding hydrogens is 270 g/mol. The fourth-order valence-corrected chi connectivity index (χ4v) is 3.45. The van der Waals surface area contributed by atoms with Crippen LogP contribution in [-0.4, -0.2) is 17.1 Å². The maximum Gasteiger partial charge on any atom is 0.254 e. The standard InChI is InChI=1S/C16H15NO2S/c1-10-6-8-11(9-7-10)15-14(18)16(19)17-12-4-2-3-5-13(12)20-15/h2-9,14-15,18H,1H3,(H,17,19). The molecule has 0 bridgehead atoms. The molecule has 2 N–H and O–H groups in total. The van der Waals surface area contributed by atoms with Crippen molar-refractivity contribution in [2.24, 2.45) is 0 Å². The number of anilines is 1. The van der Waals surface area contributed by atoms with Crippen molar-refractivity contribution in [1.29, 1.82) is 0 Å². The largest absolute Gasteiger partial charge is 0.382 e. The van der Waals surface area contributed by atoms with Crippen molar-refractivity contribution in [2.45, 2.75) is 23.2 Å². The van der Waals surface area contributed by atoms with Crippen molar-refractivity contribution in [3.63, 3.8) is 0 Å². The van der Waals surface area contributed by atoms with Gasteiger partial charge in [-0.1, -0.05) is 42.0 Å². The zero-order valence-electron chi connectivity index (χ0n) is 11.0. The average molecular weight is 285 g/mol. The maximum atomic E-state index is 12.1.